The Morgan fingerprint density at radius 3 is 2.38 bits per heavy atom. The van der Waals surface area contributed by atoms with Crippen LogP contribution in [0.1, 0.15) is 52.9 Å². The fourth-order valence-corrected chi connectivity index (χ4v) is 4.07. The summed E-state index contributed by atoms with van der Waals surface area (Å²) in [5, 5.41) is 3.10. The molecule has 0 aromatic rings. The summed E-state index contributed by atoms with van der Waals surface area (Å²) in [7, 11) is 0. The van der Waals surface area contributed by atoms with Crippen molar-refractivity contribution in [3.05, 3.63) is 0 Å². The van der Waals surface area contributed by atoms with Crippen LogP contribution >= 0.6 is 0 Å². The Balaban J connectivity index is 1.45. The van der Waals surface area contributed by atoms with Crippen molar-refractivity contribution >= 4 is 17.7 Å². The standard InChI is InChI=1S/C19H31N3O4/c1-19(2,3)22-12-13(11-16(22)23)17(24)20-14-6-8-21(9-7-14)18(25)15-5-4-10-26-15/h13-15H,4-12H2,1-3H3,(H,20,24). The molecule has 2 atom stereocenters. The van der Waals surface area contributed by atoms with Crippen LogP contribution in [-0.2, 0) is 19.1 Å². The van der Waals surface area contributed by atoms with Gasteiger partial charge in [0.1, 0.15) is 6.10 Å². The Kier molecular flexibility index (Phi) is 5.55. The molecule has 3 aliphatic rings. The predicted molar refractivity (Wildman–Crippen MR) is 96.3 cm³/mol. The van der Waals surface area contributed by atoms with Crippen LogP contribution in [0.2, 0.25) is 0 Å². The zero-order valence-electron chi connectivity index (χ0n) is 16.1. The number of hydrogen-bond acceptors (Lipinski definition) is 4. The lowest BCUT2D eigenvalue weighted by atomic mass is 10.0. The van der Waals surface area contributed by atoms with Gasteiger partial charge in [0, 0.05) is 44.2 Å². The number of likely N-dealkylation sites (tertiary alicyclic amines) is 2. The third kappa shape index (κ3) is 4.19. The largest absolute Gasteiger partial charge is 0.368 e. The van der Waals surface area contributed by atoms with Crippen LogP contribution in [-0.4, -0.2) is 71.4 Å². The number of piperidine rings is 1. The van der Waals surface area contributed by atoms with Crippen LogP contribution in [0.5, 0.6) is 0 Å². The maximum absolute atomic E-state index is 12.6. The highest BCUT2D eigenvalue weighted by Gasteiger charge is 2.40. The molecule has 7 nitrogen and oxygen atoms in total. The Bertz CT molecular complexity index is 558. The van der Waals surface area contributed by atoms with Crippen LogP contribution in [0.3, 0.4) is 0 Å². The van der Waals surface area contributed by atoms with Crippen molar-refractivity contribution in [3.63, 3.8) is 0 Å². The van der Waals surface area contributed by atoms with Gasteiger partial charge in [-0.2, -0.15) is 0 Å². The highest BCUT2D eigenvalue weighted by atomic mass is 16.5. The van der Waals surface area contributed by atoms with Crippen molar-refractivity contribution < 1.29 is 19.1 Å². The quantitative estimate of drug-likeness (QED) is 0.807. The third-order valence-electron chi connectivity index (χ3n) is 5.66. The van der Waals surface area contributed by atoms with E-state index in [-0.39, 0.29) is 41.3 Å². The Labute approximate surface area is 155 Å². The van der Waals surface area contributed by atoms with E-state index < -0.39 is 0 Å². The summed E-state index contributed by atoms with van der Waals surface area (Å²) in [6.45, 7) is 8.45. The summed E-state index contributed by atoms with van der Waals surface area (Å²) >= 11 is 0. The maximum atomic E-state index is 12.6. The molecule has 0 aromatic carbocycles. The molecular weight excluding hydrogens is 334 g/mol. The van der Waals surface area contributed by atoms with E-state index in [0.717, 1.165) is 25.7 Å². The number of ether oxygens (including phenoxy) is 1. The van der Waals surface area contributed by atoms with Crippen LogP contribution in [0.25, 0.3) is 0 Å². The van der Waals surface area contributed by atoms with Gasteiger partial charge in [0.2, 0.25) is 11.8 Å². The molecule has 3 amide bonds. The van der Waals surface area contributed by atoms with E-state index in [2.05, 4.69) is 5.32 Å². The van der Waals surface area contributed by atoms with Crippen molar-refractivity contribution in [1.29, 1.82) is 0 Å². The van der Waals surface area contributed by atoms with E-state index in [0.29, 0.717) is 32.7 Å². The molecule has 2 unspecified atom stereocenters. The van der Waals surface area contributed by atoms with Crippen molar-refractivity contribution in [2.75, 3.05) is 26.2 Å². The summed E-state index contributed by atoms with van der Waals surface area (Å²) < 4.78 is 5.48. The van der Waals surface area contributed by atoms with E-state index in [4.69, 9.17) is 4.74 Å². The molecule has 3 heterocycles. The van der Waals surface area contributed by atoms with Gasteiger partial charge in [-0.1, -0.05) is 0 Å². The van der Waals surface area contributed by atoms with Crippen LogP contribution in [0, 0.1) is 5.92 Å². The van der Waals surface area contributed by atoms with Crippen LogP contribution in [0.15, 0.2) is 0 Å². The lowest BCUT2D eigenvalue weighted by Crippen LogP contribution is -2.50. The smallest absolute Gasteiger partial charge is 0.251 e. The molecular formula is C19H31N3O4. The molecule has 0 aromatic heterocycles. The first-order valence-electron chi connectivity index (χ1n) is 9.77. The molecule has 0 saturated carbocycles. The SMILES string of the molecule is CC(C)(C)N1CC(C(=O)NC2CCN(C(=O)C3CCCO3)CC2)CC1=O. The lowest BCUT2D eigenvalue weighted by Gasteiger charge is -2.34. The molecule has 0 bridgehead atoms. The minimum Gasteiger partial charge on any atom is -0.368 e. The first-order chi connectivity index (χ1) is 12.3. The Morgan fingerprint density at radius 1 is 1.15 bits per heavy atom. The summed E-state index contributed by atoms with van der Waals surface area (Å²) in [4.78, 5) is 40.8. The zero-order chi connectivity index (χ0) is 18.9. The summed E-state index contributed by atoms with van der Waals surface area (Å²) in [6, 6.07) is 0.0786. The summed E-state index contributed by atoms with van der Waals surface area (Å²) in [6.07, 6.45) is 3.31. The summed E-state index contributed by atoms with van der Waals surface area (Å²) in [5.74, 6) is -0.161. The lowest BCUT2D eigenvalue weighted by molar-refractivity contribution is -0.142. The van der Waals surface area contributed by atoms with E-state index in [1.54, 1.807) is 4.90 Å². The molecule has 26 heavy (non-hydrogen) atoms. The molecule has 0 spiro atoms. The van der Waals surface area contributed by atoms with Crippen LogP contribution in [0.4, 0.5) is 0 Å². The number of carbonyl (C=O) groups excluding carboxylic acids is 3. The second-order valence-electron chi connectivity index (χ2n) is 8.69. The fraction of sp³-hybridized carbons (Fsp3) is 0.842. The average molecular weight is 365 g/mol. The van der Waals surface area contributed by atoms with Crippen LogP contribution < -0.4 is 5.32 Å². The Morgan fingerprint density at radius 2 is 1.85 bits per heavy atom. The van der Waals surface area contributed by atoms with Crippen molar-refractivity contribution in [2.45, 2.75) is 70.6 Å². The topological polar surface area (TPSA) is 79.0 Å². The molecule has 0 aliphatic carbocycles. The second-order valence-corrected chi connectivity index (χ2v) is 8.69. The van der Waals surface area contributed by atoms with Gasteiger partial charge in [-0.05, 0) is 46.5 Å². The van der Waals surface area contributed by atoms with Gasteiger partial charge in [-0.15, -0.1) is 0 Å². The van der Waals surface area contributed by atoms with Gasteiger partial charge >= 0.3 is 0 Å². The third-order valence-corrected chi connectivity index (χ3v) is 5.66. The molecule has 0 radical (unpaired) electrons. The minimum atomic E-state index is -0.270. The zero-order valence-corrected chi connectivity index (χ0v) is 16.1. The van der Waals surface area contributed by atoms with E-state index in [1.807, 2.05) is 25.7 Å². The summed E-state index contributed by atoms with van der Waals surface area (Å²) in [5.41, 5.74) is -0.250. The van der Waals surface area contributed by atoms with Gasteiger partial charge in [-0.3, -0.25) is 14.4 Å². The number of rotatable bonds is 3. The second kappa shape index (κ2) is 7.55. The number of hydrogen-bond donors (Lipinski definition) is 1. The molecule has 3 aliphatic heterocycles. The number of nitrogens with one attached hydrogen (secondary N) is 1. The average Bonchev–Trinajstić information content (AvgIpc) is 3.24. The maximum Gasteiger partial charge on any atom is 0.251 e. The number of amides is 3. The highest BCUT2D eigenvalue weighted by Crippen LogP contribution is 2.26. The molecule has 1 N–H and O–H groups in total. The van der Waals surface area contributed by atoms with Gasteiger partial charge in [0.15, 0.2) is 0 Å². The normalized spacial score (nSPS) is 27.9. The van der Waals surface area contributed by atoms with Gasteiger partial charge in [-0.25, -0.2) is 0 Å². The number of carbonyl (C=O) groups is 3. The monoisotopic (exact) mass is 365 g/mol. The first-order valence-corrected chi connectivity index (χ1v) is 9.77. The van der Waals surface area contributed by atoms with Gasteiger partial charge < -0.3 is 19.9 Å². The first kappa shape index (κ1) is 19.1. The van der Waals surface area contributed by atoms with Gasteiger partial charge in [0.25, 0.3) is 5.91 Å². The molecule has 7 heteroatoms. The molecule has 146 valence electrons. The van der Waals surface area contributed by atoms with Crippen molar-refractivity contribution in [2.24, 2.45) is 5.92 Å². The predicted octanol–water partition coefficient (Wildman–Crippen LogP) is 0.920. The van der Waals surface area contributed by atoms with Gasteiger partial charge in [0.05, 0.1) is 5.92 Å². The fourth-order valence-electron chi connectivity index (χ4n) is 4.07. The highest BCUT2D eigenvalue weighted by molar-refractivity contribution is 5.89. The van der Waals surface area contributed by atoms with E-state index >= 15 is 0 Å². The van der Waals surface area contributed by atoms with Crippen molar-refractivity contribution in [1.82, 2.24) is 15.1 Å². The Hall–Kier alpha value is -1.63. The van der Waals surface area contributed by atoms with E-state index in [1.165, 1.54) is 0 Å². The van der Waals surface area contributed by atoms with Crippen molar-refractivity contribution in [3.8, 4) is 0 Å². The number of nitrogens with zero attached hydrogens (tertiary/aromatic N) is 2. The molecule has 3 fully saturated rings. The minimum absolute atomic E-state index is 0.0333. The van der Waals surface area contributed by atoms with E-state index in [9.17, 15) is 14.4 Å². The molecule has 3 saturated heterocycles. The molecule has 3 rings (SSSR count).